The third kappa shape index (κ3) is 3.24. The number of hydrogen-bond acceptors (Lipinski definition) is 2. The SMILES string of the molecule is Cc1ccc(NC(CO)C(C)C)cc1C. The number of aliphatic hydroxyl groups is 1. The first-order valence-corrected chi connectivity index (χ1v) is 5.49. The van der Waals surface area contributed by atoms with E-state index in [0.717, 1.165) is 5.69 Å². The number of nitrogens with one attached hydrogen (secondary N) is 1. The Balaban J connectivity index is 2.75. The van der Waals surface area contributed by atoms with Crippen molar-refractivity contribution in [2.45, 2.75) is 33.7 Å². The lowest BCUT2D eigenvalue weighted by molar-refractivity contribution is 0.249. The van der Waals surface area contributed by atoms with Crippen molar-refractivity contribution >= 4 is 5.69 Å². The van der Waals surface area contributed by atoms with E-state index in [1.165, 1.54) is 11.1 Å². The second-order valence-electron chi connectivity index (χ2n) is 4.48. The summed E-state index contributed by atoms with van der Waals surface area (Å²) < 4.78 is 0. The van der Waals surface area contributed by atoms with Gasteiger partial charge in [-0.05, 0) is 43.0 Å². The molecule has 1 aromatic carbocycles. The van der Waals surface area contributed by atoms with Gasteiger partial charge in [-0.15, -0.1) is 0 Å². The zero-order valence-corrected chi connectivity index (χ0v) is 10.0. The van der Waals surface area contributed by atoms with Gasteiger partial charge in [-0.1, -0.05) is 19.9 Å². The molecule has 2 heteroatoms. The van der Waals surface area contributed by atoms with Gasteiger partial charge >= 0.3 is 0 Å². The zero-order chi connectivity index (χ0) is 11.4. The van der Waals surface area contributed by atoms with E-state index in [2.05, 4.69) is 51.2 Å². The Hall–Kier alpha value is -1.02. The molecule has 0 spiro atoms. The Kier molecular flexibility index (Phi) is 4.15. The van der Waals surface area contributed by atoms with Gasteiger partial charge in [0.2, 0.25) is 0 Å². The van der Waals surface area contributed by atoms with Crippen LogP contribution in [0, 0.1) is 19.8 Å². The first-order chi connectivity index (χ1) is 7.04. The Bertz CT molecular complexity index is 320. The Morgan fingerprint density at radius 2 is 1.87 bits per heavy atom. The van der Waals surface area contributed by atoms with Crippen molar-refractivity contribution in [3.05, 3.63) is 29.3 Å². The minimum absolute atomic E-state index is 0.132. The molecule has 1 rings (SSSR count). The molecular formula is C13H21NO. The fraction of sp³-hybridized carbons (Fsp3) is 0.538. The maximum absolute atomic E-state index is 9.22. The topological polar surface area (TPSA) is 32.3 Å². The lowest BCUT2D eigenvalue weighted by Crippen LogP contribution is -2.29. The molecule has 1 unspecified atom stereocenters. The van der Waals surface area contributed by atoms with Crippen molar-refractivity contribution in [2.75, 3.05) is 11.9 Å². The number of aliphatic hydroxyl groups excluding tert-OH is 1. The van der Waals surface area contributed by atoms with Crippen LogP contribution in [-0.2, 0) is 0 Å². The van der Waals surface area contributed by atoms with Crippen LogP contribution in [0.25, 0.3) is 0 Å². The molecule has 84 valence electrons. The molecule has 1 aromatic rings. The van der Waals surface area contributed by atoms with E-state index in [-0.39, 0.29) is 12.6 Å². The van der Waals surface area contributed by atoms with E-state index in [0.29, 0.717) is 5.92 Å². The monoisotopic (exact) mass is 207 g/mol. The normalized spacial score (nSPS) is 12.9. The fourth-order valence-electron chi connectivity index (χ4n) is 1.47. The first-order valence-electron chi connectivity index (χ1n) is 5.49. The highest BCUT2D eigenvalue weighted by molar-refractivity contribution is 5.48. The summed E-state index contributed by atoms with van der Waals surface area (Å²) in [5, 5.41) is 12.6. The molecule has 0 bridgehead atoms. The number of aryl methyl sites for hydroxylation is 2. The van der Waals surface area contributed by atoms with Crippen molar-refractivity contribution in [1.82, 2.24) is 0 Å². The van der Waals surface area contributed by atoms with Gasteiger partial charge < -0.3 is 10.4 Å². The summed E-state index contributed by atoms with van der Waals surface area (Å²) in [5.74, 6) is 0.427. The van der Waals surface area contributed by atoms with Gasteiger partial charge in [-0.3, -0.25) is 0 Å². The van der Waals surface area contributed by atoms with Crippen LogP contribution in [-0.4, -0.2) is 17.8 Å². The highest BCUT2D eigenvalue weighted by atomic mass is 16.3. The molecule has 15 heavy (non-hydrogen) atoms. The largest absolute Gasteiger partial charge is 0.394 e. The van der Waals surface area contributed by atoms with Crippen molar-refractivity contribution in [3.63, 3.8) is 0 Å². The number of rotatable bonds is 4. The van der Waals surface area contributed by atoms with E-state index in [4.69, 9.17) is 0 Å². The van der Waals surface area contributed by atoms with Crippen LogP contribution in [0.2, 0.25) is 0 Å². The van der Waals surface area contributed by atoms with Gasteiger partial charge in [-0.25, -0.2) is 0 Å². The molecule has 0 aliphatic rings. The van der Waals surface area contributed by atoms with Gasteiger partial charge in [0, 0.05) is 5.69 Å². The number of hydrogen-bond donors (Lipinski definition) is 2. The van der Waals surface area contributed by atoms with E-state index in [1.54, 1.807) is 0 Å². The molecule has 0 radical (unpaired) electrons. The summed E-state index contributed by atoms with van der Waals surface area (Å²) in [5.41, 5.74) is 3.66. The minimum Gasteiger partial charge on any atom is -0.394 e. The van der Waals surface area contributed by atoms with Gasteiger partial charge in [0.05, 0.1) is 12.6 Å². The van der Waals surface area contributed by atoms with Crippen molar-refractivity contribution < 1.29 is 5.11 Å². The maximum atomic E-state index is 9.22. The molecule has 0 heterocycles. The van der Waals surface area contributed by atoms with Crippen molar-refractivity contribution in [1.29, 1.82) is 0 Å². The molecule has 0 saturated carbocycles. The smallest absolute Gasteiger partial charge is 0.0635 e. The molecule has 2 N–H and O–H groups in total. The second kappa shape index (κ2) is 5.17. The second-order valence-corrected chi connectivity index (χ2v) is 4.48. The molecule has 2 nitrogen and oxygen atoms in total. The van der Waals surface area contributed by atoms with Gasteiger partial charge in [0.25, 0.3) is 0 Å². The van der Waals surface area contributed by atoms with E-state index < -0.39 is 0 Å². The summed E-state index contributed by atoms with van der Waals surface area (Å²) in [6.45, 7) is 8.59. The van der Waals surface area contributed by atoms with Crippen LogP contribution in [0.3, 0.4) is 0 Å². The average molecular weight is 207 g/mol. The lowest BCUT2D eigenvalue weighted by Gasteiger charge is -2.21. The first kappa shape index (κ1) is 12.1. The van der Waals surface area contributed by atoms with Crippen LogP contribution < -0.4 is 5.32 Å². The van der Waals surface area contributed by atoms with Crippen molar-refractivity contribution in [2.24, 2.45) is 5.92 Å². The summed E-state index contributed by atoms with van der Waals surface area (Å²) in [6, 6.07) is 6.42. The zero-order valence-electron chi connectivity index (χ0n) is 10.0. The summed E-state index contributed by atoms with van der Waals surface area (Å²) >= 11 is 0. The van der Waals surface area contributed by atoms with Crippen LogP contribution in [0.5, 0.6) is 0 Å². The third-order valence-corrected chi connectivity index (χ3v) is 2.86. The Morgan fingerprint density at radius 1 is 1.20 bits per heavy atom. The average Bonchev–Trinajstić information content (AvgIpc) is 2.19. The molecule has 0 saturated heterocycles. The molecule has 0 aromatic heterocycles. The highest BCUT2D eigenvalue weighted by Gasteiger charge is 2.11. The fourth-order valence-corrected chi connectivity index (χ4v) is 1.47. The molecule has 0 fully saturated rings. The van der Waals surface area contributed by atoms with E-state index in [1.807, 2.05) is 0 Å². The highest BCUT2D eigenvalue weighted by Crippen LogP contribution is 2.16. The maximum Gasteiger partial charge on any atom is 0.0635 e. The van der Waals surface area contributed by atoms with Gasteiger partial charge in [-0.2, -0.15) is 0 Å². The number of benzene rings is 1. The molecule has 0 amide bonds. The summed E-state index contributed by atoms with van der Waals surface area (Å²) in [6.07, 6.45) is 0. The van der Waals surface area contributed by atoms with Crippen LogP contribution in [0.1, 0.15) is 25.0 Å². The predicted molar refractivity (Wildman–Crippen MR) is 65.3 cm³/mol. The Labute approximate surface area is 92.3 Å². The summed E-state index contributed by atoms with van der Waals surface area (Å²) in [4.78, 5) is 0. The van der Waals surface area contributed by atoms with Crippen LogP contribution in [0.4, 0.5) is 5.69 Å². The predicted octanol–water partition coefficient (Wildman–Crippen LogP) is 2.73. The van der Waals surface area contributed by atoms with Crippen LogP contribution >= 0.6 is 0 Å². The van der Waals surface area contributed by atoms with Crippen LogP contribution in [0.15, 0.2) is 18.2 Å². The molecule has 0 aliphatic heterocycles. The molecule has 0 aliphatic carbocycles. The number of anilines is 1. The van der Waals surface area contributed by atoms with Gasteiger partial charge in [0.1, 0.15) is 0 Å². The van der Waals surface area contributed by atoms with E-state index in [9.17, 15) is 5.11 Å². The quantitative estimate of drug-likeness (QED) is 0.795. The van der Waals surface area contributed by atoms with Gasteiger partial charge in [0.15, 0.2) is 0 Å². The standard InChI is InChI=1S/C13H21NO/c1-9(2)13(8-15)14-12-6-5-10(3)11(4)7-12/h5-7,9,13-15H,8H2,1-4H3. The lowest BCUT2D eigenvalue weighted by atomic mass is 10.0. The molecular weight excluding hydrogens is 186 g/mol. The third-order valence-electron chi connectivity index (χ3n) is 2.86. The summed E-state index contributed by atoms with van der Waals surface area (Å²) in [7, 11) is 0. The molecule has 1 atom stereocenters. The van der Waals surface area contributed by atoms with E-state index >= 15 is 0 Å². The van der Waals surface area contributed by atoms with Crippen molar-refractivity contribution in [3.8, 4) is 0 Å². The minimum atomic E-state index is 0.132. The Morgan fingerprint density at radius 3 is 2.33 bits per heavy atom.